The highest BCUT2D eigenvalue weighted by Crippen LogP contribution is 2.14. The maximum Gasteiger partial charge on any atom is 0.217 e. The summed E-state index contributed by atoms with van der Waals surface area (Å²) in [6, 6.07) is -0.801. The molecule has 25 heavy (non-hydrogen) atoms. The molecule has 0 aliphatic rings. The van der Waals surface area contributed by atoms with Crippen LogP contribution in [0.2, 0.25) is 0 Å². The molecule has 0 radical (unpaired) electrons. The average molecular weight is 360 g/mol. The number of rotatable bonds is 17. The van der Waals surface area contributed by atoms with Gasteiger partial charge < -0.3 is 20.6 Å². The third-order valence-electron chi connectivity index (χ3n) is 4.75. The second-order valence-corrected chi connectivity index (χ2v) is 7.23. The molecule has 0 saturated carbocycles. The summed E-state index contributed by atoms with van der Waals surface area (Å²) in [5.74, 6) is -0.323. The Morgan fingerprint density at radius 3 is 1.68 bits per heavy atom. The van der Waals surface area contributed by atoms with Gasteiger partial charge in [0.15, 0.2) is 0 Å². The summed E-state index contributed by atoms with van der Waals surface area (Å²) in [7, 11) is 0. The zero-order valence-corrected chi connectivity index (χ0v) is 16.4. The molecule has 0 rings (SSSR count). The molecule has 150 valence electrons. The van der Waals surface area contributed by atoms with Crippen LogP contribution in [0.15, 0.2) is 0 Å². The highest BCUT2D eigenvalue weighted by atomic mass is 16.3. The van der Waals surface area contributed by atoms with Crippen LogP contribution in [-0.4, -0.2) is 46.1 Å². The molecule has 0 aliphatic carbocycles. The molecule has 0 aliphatic heterocycles. The van der Waals surface area contributed by atoms with Gasteiger partial charge in [0.05, 0.1) is 18.8 Å². The van der Waals surface area contributed by atoms with E-state index in [0.717, 1.165) is 19.3 Å². The molecule has 0 fully saturated rings. The van der Waals surface area contributed by atoms with Gasteiger partial charge in [0, 0.05) is 6.92 Å². The first-order valence-corrected chi connectivity index (χ1v) is 10.3. The quantitative estimate of drug-likeness (QED) is 0.300. The molecule has 4 N–H and O–H groups in total. The van der Waals surface area contributed by atoms with Crippen molar-refractivity contribution < 1.29 is 20.1 Å². The zero-order valence-electron chi connectivity index (χ0n) is 16.4. The van der Waals surface area contributed by atoms with Gasteiger partial charge in [-0.25, -0.2) is 0 Å². The van der Waals surface area contributed by atoms with Crippen LogP contribution in [-0.2, 0) is 4.79 Å². The van der Waals surface area contributed by atoms with E-state index in [1.807, 2.05) is 0 Å². The van der Waals surface area contributed by atoms with Crippen molar-refractivity contribution in [2.75, 3.05) is 6.61 Å². The largest absolute Gasteiger partial charge is 0.394 e. The number of hydrogen-bond acceptors (Lipinski definition) is 4. The molecule has 0 aromatic rings. The summed E-state index contributed by atoms with van der Waals surface area (Å²) in [6.07, 6.45) is 13.5. The molecule has 5 heteroatoms. The first-order valence-electron chi connectivity index (χ1n) is 10.3. The van der Waals surface area contributed by atoms with E-state index in [2.05, 4.69) is 12.2 Å². The molecule has 0 saturated heterocycles. The Morgan fingerprint density at radius 1 is 0.840 bits per heavy atom. The van der Waals surface area contributed by atoms with Crippen LogP contribution in [0.4, 0.5) is 0 Å². The summed E-state index contributed by atoms with van der Waals surface area (Å²) in [6.45, 7) is 3.19. The highest BCUT2D eigenvalue weighted by Gasteiger charge is 2.25. The molecule has 0 aromatic carbocycles. The number of aliphatic hydroxyl groups is 3. The van der Waals surface area contributed by atoms with E-state index in [0.29, 0.717) is 6.42 Å². The number of carbonyl (C=O) groups excluding carboxylic acids is 1. The van der Waals surface area contributed by atoms with Gasteiger partial charge in [-0.2, -0.15) is 0 Å². The smallest absolute Gasteiger partial charge is 0.217 e. The minimum absolute atomic E-state index is 0.323. The second kappa shape index (κ2) is 16.8. The molecule has 3 atom stereocenters. The normalized spacial score (nSPS) is 14.9. The lowest BCUT2D eigenvalue weighted by Crippen LogP contribution is -2.50. The van der Waals surface area contributed by atoms with Crippen molar-refractivity contribution in [2.24, 2.45) is 0 Å². The lowest BCUT2D eigenvalue weighted by molar-refractivity contribution is -0.122. The minimum atomic E-state index is -1.12. The monoisotopic (exact) mass is 359 g/mol. The van der Waals surface area contributed by atoms with Gasteiger partial charge in [-0.15, -0.1) is 0 Å². The van der Waals surface area contributed by atoms with Crippen molar-refractivity contribution in [3.63, 3.8) is 0 Å². The molecule has 0 aromatic heterocycles. The van der Waals surface area contributed by atoms with Crippen molar-refractivity contribution in [3.05, 3.63) is 0 Å². The third-order valence-corrected chi connectivity index (χ3v) is 4.75. The Morgan fingerprint density at radius 2 is 1.28 bits per heavy atom. The highest BCUT2D eigenvalue weighted by molar-refractivity contribution is 5.73. The predicted molar refractivity (Wildman–Crippen MR) is 102 cm³/mol. The van der Waals surface area contributed by atoms with Gasteiger partial charge in [0.1, 0.15) is 6.10 Å². The third kappa shape index (κ3) is 14.2. The first kappa shape index (κ1) is 24.4. The zero-order chi connectivity index (χ0) is 18.9. The molecular weight excluding hydrogens is 318 g/mol. The lowest BCUT2D eigenvalue weighted by Gasteiger charge is -2.25. The van der Waals surface area contributed by atoms with E-state index in [1.54, 1.807) is 0 Å². The number of carbonyl (C=O) groups is 1. The lowest BCUT2D eigenvalue weighted by atomic mass is 9.99. The maximum atomic E-state index is 11.0. The predicted octanol–water partition coefficient (Wildman–Crippen LogP) is 3.30. The number of unbranched alkanes of at least 4 members (excludes halogenated alkanes) is 11. The van der Waals surface area contributed by atoms with Gasteiger partial charge in [0.25, 0.3) is 0 Å². The van der Waals surface area contributed by atoms with E-state index in [4.69, 9.17) is 0 Å². The van der Waals surface area contributed by atoms with Gasteiger partial charge in [-0.05, 0) is 6.42 Å². The number of aliphatic hydroxyl groups excluding tert-OH is 3. The van der Waals surface area contributed by atoms with Gasteiger partial charge in [0.2, 0.25) is 5.91 Å². The Hall–Kier alpha value is -0.650. The van der Waals surface area contributed by atoms with Crippen molar-refractivity contribution in [1.29, 1.82) is 0 Å². The Labute approximate surface area is 154 Å². The molecule has 1 unspecified atom stereocenters. The van der Waals surface area contributed by atoms with Crippen LogP contribution in [0.5, 0.6) is 0 Å². The van der Waals surface area contributed by atoms with Crippen LogP contribution in [0.1, 0.15) is 97.3 Å². The summed E-state index contributed by atoms with van der Waals surface area (Å²) < 4.78 is 0. The van der Waals surface area contributed by atoms with E-state index >= 15 is 0 Å². The summed E-state index contributed by atoms with van der Waals surface area (Å²) in [5.41, 5.74) is 0. The van der Waals surface area contributed by atoms with Crippen LogP contribution < -0.4 is 5.32 Å². The Kier molecular flexibility index (Phi) is 16.4. The van der Waals surface area contributed by atoms with Crippen LogP contribution in [0.3, 0.4) is 0 Å². The summed E-state index contributed by atoms with van der Waals surface area (Å²) >= 11 is 0. The summed E-state index contributed by atoms with van der Waals surface area (Å²) in [4.78, 5) is 11.0. The van der Waals surface area contributed by atoms with E-state index < -0.39 is 18.2 Å². The van der Waals surface area contributed by atoms with Crippen molar-refractivity contribution in [3.8, 4) is 0 Å². The molecule has 1 amide bonds. The second-order valence-electron chi connectivity index (χ2n) is 7.23. The first-order chi connectivity index (χ1) is 12.0. The van der Waals surface area contributed by atoms with Crippen molar-refractivity contribution in [1.82, 2.24) is 5.32 Å². The molecular formula is C20H41NO4. The van der Waals surface area contributed by atoms with Crippen molar-refractivity contribution >= 4 is 5.91 Å². The molecule has 0 heterocycles. The topological polar surface area (TPSA) is 89.8 Å². The van der Waals surface area contributed by atoms with Gasteiger partial charge in [-0.3, -0.25) is 4.79 Å². The summed E-state index contributed by atoms with van der Waals surface area (Å²) in [5, 5.41) is 31.6. The van der Waals surface area contributed by atoms with Crippen LogP contribution >= 0.6 is 0 Å². The number of hydrogen-bond donors (Lipinski definition) is 4. The number of amides is 1. The van der Waals surface area contributed by atoms with Crippen LogP contribution in [0, 0.1) is 0 Å². The molecule has 5 nitrogen and oxygen atoms in total. The fraction of sp³-hybridized carbons (Fsp3) is 0.950. The molecule has 0 bridgehead atoms. The Balaban J connectivity index is 3.53. The van der Waals surface area contributed by atoms with E-state index in [9.17, 15) is 20.1 Å². The van der Waals surface area contributed by atoms with Gasteiger partial charge >= 0.3 is 0 Å². The molecule has 0 spiro atoms. The SMILES string of the molecule is CCCCCCCCCCCCCC[C@@H](O)C(O)[C@H](CO)NC(C)=O. The average Bonchev–Trinajstić information content (AvgIpc) is 2.59. The minimum Gasteiger partial charge on any atom is -0.394 e. The standard InChI is InChI=1S/C20H41NO4/c1-3-4-5-6-7-8-9-10-11-12-13-14-15-19(24)20(25)18(16-22)21-17(2)23/h18-20,22,24-25H,3-16H2,1-2H3,(H,21,23)/t18-,19+,20?/m0/s1. The van der Waals surface area contributed by atoms with E-state index in [1.165, 1.54) is 64.7 Å². The van der Waals surface area contributed by atoms with Crippen molar-refractivity contribution in [2.45, 2.75) is 116 Å². The van der Waals surface area contributed by atoms with Crippen LogP contribution in [0.25, 0.3) is 0 Å². The van der Waals surface area contributed by atoms with E-state index in [-0.39, 0.29) is 12.5 Å². The fourth-order valence-electron chi connectivity index (χ4n) is 3.13. The fourth-order valence-corrected chi connectivity index (χ4v) is 3.13. The number of nitrogens with one attached hydrogen (secondary N) is 1. The van der Waals surface area contributed by atoms with Gasteiger partial charge in [-0.1, -0.05) is 84.0 Å². The maximum absolute atomic E-state index is 11.0. The Bertz CT molecular complexity index is 312.